The molecule has 0 aliphatic heterocycles. The molecule has 0 spiro atoms. The summed E-state index contributed by atoms with van der Waals surface area (Å²) in [5, 5.41) is 14.3. The lowest BCUT2D eigenvalue weighted by molar-refractivity contribution is -0.123. The van der Waals surface area contributed by atoms with Crippen molar-refractivity contribution in [1.29, 1.82) is 0 Å². The predicted octanol–water partition coefficient (Wildman–Crippen LogP) is 1.45. The molecule has 0 bridgehead atoms. The molecular formula is C12H23N3O2. The van der Waals surface area contributed by atoms with Crippen LogP contribution in [0.3, 0.4) is 0 Å². The number of carbonyl (C=O) groups is 1. The maximum Gasteiger partial charge on any atom is 0.230 e. The minimum Gasteiger partial charge on any atom is -0.409 e. The van der Waals surface area contributed by atoms with Gasteiger partial charge in [-0.1, -0.05) is 24.4 Å². The van der Waals surface area contributed by atoms with Gasteiger partial charge in [0.2, 0.25) is 5.91 Å². The molecule has 4 N–H and O–H groups in total. The number of hydrogen-bond donors (Lipinski definition) is 3. The molecule has 17 heavy (non-hydrogen) atoms. The molecule has 0 aromatic carbocycles. The molecule has 2 unspecified atom stereocenters. The van der Waals surface area contributed by atoms with Crippen molar-refractivity contribution in [3.63, 3.8) is 0 Å². The van der Waals surface area contributed by atoms with Crippen molar-refractivity contribution >= 4 is 11.7 Å². The lowest BCUT2D eigenvalue weighted by atomic mass is 9.84. The number of nitrogens with two attached hydrogens (primary N) is 1. The summed E-state index contributed by atoms with van der Waals surface area (Å²) in [4.78, 5) is 11.8. The van der Waals surface area contributed by atoms with E-state index in [2.05, 4.69) is 10.5 Å². The average molecular weight is 241 g/mol. The fourth-order valence-corrected chi connectivity index (χ4v) is 2.32. The van der Waals surface area contributed by atoms with Crippen molar-refractivity contribution < 1.29 is 10.0 Å². The van der Waals surface area contributed by atoms with Gasteiger partial charge >= 0.3 is 0 Å². The van der Waals surface area contributed by atoms with E-state index in [1.54, 1.807) is 6.92 Å². The molecule has 98 valence electrons. The van der Waals surface area contributed by atoms with Crippen molar-refractivity contribution in [3.8, 4) is 0 Å². The first-order valence-corrected chi connectivity index (χ1v) is 6.34. The molecular weight excluding hydrogens is 218 g/mol. The SMILES string of the molecule is CC(C(=O)NC(C)C1CCCCC1)C(N)=NO. The van der Waals surface area contributed by atoms with Crippen LogP contribution in [-0.2, 0) is 4.79 Å². The van der Waals surface area contributed by atoms with Gasteiger partial charge in [-0.2, -0.15) is 0 Å². The van der Waals surface area contributed by atoms with Gasteiger partial charge < -0.3 is 16.3 Å². The van der Waals surface area contributed by atoms with E-state index < -0.39 is 5.92 Å². The second-order valence-corrected chi connectivity index (χ2v) is 4.94. The second-order valence-electron chi connectivity index (χ2n) is 4.94. The highest BCUT2D eigenvalue weighted by Crippen LogP contribution is 2.26. The molecule has 5 nitrogen and oxygen atoms in total. The van der Waals surface area contributed by atoms with Crippen LogP contribution in [0.15, 0.2) is 5.16 Å². The molecule has 1 aliphatic carbocycles. The largest absolute Gasteiger partial charge is 0.409 e. The third kappa shape index (κ3) is 3.91. The van der Waals surface area contributed by atoms with Crippen LogP contribution in [-0.4, -0.2) is 23.0 Å². The van der Waals surface area contributed by atoms with Gasteiger partial charge in [0.05, 0.1) is 5.92 Å². The Balaban J connectivity index is 2.44. The van der Waals surface area contributed by atoms with Gasteiger partial charge in [0.25, 0.3) is 0 Å². The summed E-state index contributed by atoms with van der Waals surface area (Å²) >= 11 is 0. The highest BCUT2D eigenvalue weighted by molar-refractivity contribution is 6.01. The Kier molecular flexibility index (Phi) is 5.25. The Morgan fingerprint density at radius 2 is 1.94 bits per heavy atom. The fraction of sp³-hybridized carbons (Fsp3) is 0.833. The number of amides is 1. The molecule has 0 saturated heterocycles. The number of carbonyl (C=O) groups excluding carboxylic acids is 1. The Morgan fingerprint density at radius 3 is 2.47 bits per heavy atom. The number of nitrogens with zero attached hydrogens (tertiary/aromatic N) is 1. The third-order valence-electron chi connectivity index (χ3n) is 3.68. The van der Waals surface area contributed by atoms with Crippen LogP contribution in [0.1, 0.15) is 46.0 Å². The number of rotatable bonds is 4. The van der Waals surface area contributed by atoms with E-state index in [1.807, 2.05) is 6.92 Å². The van der Waals surface area contributed by atoms with Crippen LogP contribution < -0.4 is 11.1 Å². The van der Waals surface area contributed by atoms with Crippen LogP contribution in [0, 0.1) is 11.8 Å². The number of hydrogen-bond acceptors (Lipinski definition) is 3. The highest BCUT2D eigenvalue weighted by atomic mass is 16.4. The standard InChI is InChI=1S/C12H23N3O2/c1-8(11(13)15-17)12(16)14-9(2)10-6-4-3-5-7-10/h8-10,17H,3-7H2,1-2H3,(H2,13,15)(H,14,16). The molecule has 1 aliphatic rings. The van der Waals surface area contributed by atoms with E-state index in [0.717, 1.165) is 0 Å². The molecule has 1 saturated carbocycles. The van der Waals surface area contributed by atoms with Crippen molar-refractivity contribution in [3.05, 3.63) is 0 Å². The molecule has 1 rings (SSSR count). The molecule has 5 heteroatoms. The van der Waals surface area contributed by atoms with E-state index in [1.165, 1.54) is 32.1 Å². The summed E-state index contributed by atoms with van der Waals surface area (Å²) in [6, 6.07) is 0.164. The van der Waals surface area contributed by atoms with Gasteiger partial charge in [-0.15, -0.1) is 0 Å². The number of nitrogens with one attached hydrogen (secondary N) is 1. The summed E-state index contributed by atoms with van der Waals surface area (Å²) in [6.07, 6.45) is 6.16. The van der Waals surface area contributed by atoms with Crippen LogP contribution in [0.2, 0.25) is 0 Å². The van der Waals surface area contributed by atoms with E-state index in [-0.39, 0.29) is 17.8 Å². The zero-order valence-electron chi connectivity index (χ0n) is 10.6. The molecule has 2 atom stereocenters. The van der Waals surface area contributed by atoms with E-state index in [9.17, 15) is 4.79 Å². The molecule has 1 amide bonds. The zero-order valence-corrected chi connectivity index (χ0v) is 10.6. The third-order valence-corrected chi connectivity index (χ3v) is 3.68. The van der Waals surface area contributed by atoms with Crippen LogP contribution in [0.25, 0.3) is 0 Å². The maximum absolute atomic E-state index is 11.8. The first-order valence-electron chi connectivity index (χ1n) is 6.34. The lowest BCUT2D eigenvalue weighted by Crippen LogP contribution is -2.44. The average Bonchev–Trinajstić information content (AvgIpc) is 2.37. The maximum atomic E-state index is 11.8. The molecule has 0 radical (unpaired) electrons. The van der Waals surface area contributed by atoms with Crippen LogP contribution in [0.4, 0.5) is 0 Å². The summed E-state index contributed by atoms with van der Waals surface area (Å²) in [6.45, 7) is 3.67. The van der Waals surface area contributed by atoms with Crippen molar-refractivity contribution in [2.45, 2.75) is 52.0 Å². The van der Waals surface area contributed by atoms with Gasteiger partial charge in [0.1, 0.15) is 0 Å². The Bertz CT molecular complexity index is 285. The smallest absolute Gasteiger partial charge is 0.230 e. The van der Waals surface area contributed by atoms with Gasteiger partial charge in [0.15, 0.2) is 5.84 Å². The van der Waals surface area contributed by atoms with Crippen molar-refractivity contribution in [2.75, 3.05) is 0 Å². The van der Waals surface area contributed by atoms with Gasteiger partial charge in [-0.25, -0.2) is 0 Å². The Morgan fingerprint density at radius 1 is 1.35 bits per heavy atom. The molecule has 1 fully saturated rings. The van der Waals surface area contributed by atoms with Crippen molar-refractivity contribution in [2.24, 2.45) is 22.7 Å². The molecule has 0 heterocycles. The molecule has 0 aromatic rings. The summed E-state index contributed by atoms with van der Waals surface area (Å²) in [5.74, 6) is -0.227. The summed E-state index contributed by atoms with van der Waals surface area (Å²) in [5.41, 5.74) is 5.41. The Hall–Kier alpha value is -1.26. The number of amidine groups is 1. The predicted molar refractivity (Wildman–Crippen MR) is 66.8 cm³/mol. The first kappa shape index (κ1) is 13.8. The van der Waals surface area contributed by atoms with E-state index in [4.69, 9.17) is 10.9 Å². The van der Waals surface area contributed by atoms with E-state index in [0.29, 0.717) is 5.92 Å². The Labute approximate surface area is 102 Å². The monoisotopic (exact) mass is 241 g/mol. The van der Waals surface area contributed by atoms with Gasteiger partial charge in [-0.05, 0) is 32.6 Å². The fourth-order valence-electron chi connectivity index (χ4n) is 2.32. The van der Waals surface area contributed by atoms with E-state index >= 15 is 0 Å². The van der Waals surface area contributed by atoms with Crippen molar-refractivity contribution in [1.82, 2.24) is 5.32 Å². The minimum atomic E-state index is -0.578. The van der Waals surface area contributed by atoms with Gasteiger partial charge in [0, 0.05) is 6.04 Å². The van der Waals surface area contributed by atoms with Gasteiger partial charge in [-0.3, -0.25) is 4.79 Å². The lowest BCUT2D eigenvalue weighted by Gasteiger charge is -2.29. The second kappa shape index (κ2) is 6.47. The highest BCUT2D eigenvalue weighted by Gasteiger charge is 2.24. The topological polar surface area (TPSA) is 87.7 Å². The normalized spacial score (nSPS) is 21.9. The first-order chi connectivity index (χ1) is 8.06. The minimum absolute atomic E-state index is 0.0432. The van der Waals surface area contributed by atoms with Crippen LogP contribution >= 0.6 is 0 Å². The zero-order chi connectivity index (χ0) is 12.8. The summed E-state index contributed by atoms with van der Waals surface area (Å²) in [7, 11) is 0. The quantitative estimate of drug-likeness (QED) is 0.301. The summed E-state index contributed by atoms with van der Waals surface area (Å²) < 4.78 is 0. The van der Waals surface area contributed by atoms with Crippen LogP contribution in [0.5, 0.6) is 0 Å². The number of oxime groups is 1. The molecule has 0 aromatic heterocycles.